The SMILES string of the molecule is Cc1ccc(O)c(C(=O)OCC(=O)N2[C@@H](C)CCC[C@@H]2C)c1. The minimum atomic E-state index is -0.674. The molecule has 1 amide bonds. The van der Waals surface area contributed by atoms with Crippen LogP contribution in [0.3, 0.4) is 0 Å². The number of likely N-dealkylation sites (tertiary alicyclic amines) is 1. The molecule has 1 aromatic rings. The number of benzene rings is 1. The van der Waals surface area contributed by atoms with Gasteiger partial charge in [-0.2, -0.15) is 0 Å². The molecule has 0 spiro atoms. The Hall–Kier alpha value is -2.04. The van der Waals surface area contributed by atoms with Crippen LogP contribution in [0.15, 0.2) is 18.2 Å². The summed E-state index contributed by atoms with van der Waals surface area (Å²) in [5.74, 6) is -0.991. The molecule has 0 aliphatic carbocycles. The number of aryl methyl sites for hydroxylation is 1. The topological polar surface area (TPSA) is 66.8 Å². The molecule has 5 heteroatoms. The predicted octanol–water partition coefficient (Wildman–Crippen LogP) is 2.65. The average Bonchev–Trinajstić information content (AvgIpc) is 2.47. The van der Waals surface area contributed by atoms with Crippen LogP contribution < -0.4 is 0 Å². The van der Waals surface area contributed by atoms with Crippen molar-refractivity contribution in [1.82, 2.24) is 4.90 Å². The summed E-state index contributed by atoms with van der Waals surface area (Å²) < 4.78 is 5.09. The van der Waals surface area contributed by atoms with Gasteiger partial charge in [-0.05, 0) is 52.2 Å². The molecule has 2 atom stereocenters. The van der Waals surface area contributed by atoms with E-state index in [1.165, 1.54) is 6.07 Å². The van der Waals surface area contributed by atoms with E-state index < -0.39 is 5.97 Å². The molecule has 0 radical (unpaired) electrons. The van der Waals surface area contributed by atoms with Gasteiger partial charge in [0.05, 0.1) is 0 Å². The van der Waals surface area contributed by atoms with Gasteiger partial charge >= 0.3 is 5.97 Å². The molecule has 5 nitrogen and oxygen atoms in total. The fourth-order valence-corrected chi connectivity index (χ4v) is 3.01. The maximum absolute atomic E-state index is 12.3. The maximum atomic E-state index is 12.3. The maximum Gasteiger partial charge on any atom is 0.342 e. The van der Waals surface area contributed by atoms with Gasteiger partial charge in [0.2, 0.25) is 0 Å². The first-order valence-electron chi connectivity index (χ1n) is 7.68. The van der Waals surface area contributed by atoms with Crippen molar-refractivity contribution in [1.29, 1.82) is 0 Å². The Balaban J connectivity index is 1.98. The zero-order valence-corrected chi connectivity index (χ0v) is 13.3. The van der Waals surface area contributed by atoms with Gasteiger partial charge in [0.1, 0.15) is 11.3 Å². The van der Waals surface area contributed by atoms with E-state index in [4.69, 9.17) is 4.74 Å². The van der Waals surface area contributed by atoms with Crippen molar-refractivity contribution in [3.05, 3.63) is 29.3 Å². The molecular formula is C17H23NO4. The van der Waals surface area contributed by atoms with Gasteiger partial charge in [0.25, 0.3) is 5.91 Å². The van der Waals surface area contributed by atoms with Gasteiger partial charge in [-0.15, -0.1) is 0 Å². The molecule has 1 N–H and O–H groups in total. The Bertz CT molecular complexity index is 560. The van der Waals surface area contributed by atoms with Gasteiger partial charge in [0.15, 0.2) is 6.61 Å². The van der Waals surface area contributed by atoms with Crippen molar-refractivity contribution in [2.24, 2.45) is 0 Å². The summed E-state index contributed by atoms with van der Waals surface area (Å²) in [6, 6.07) is 5.04. The van der Waals surface area contributed by atoms with Gasteiger partial charge in [-0.25, -0.2) is 4.79 Å². The predicted molar refractivity (Wildman–Crippen MR) is 82.7 cm³/mol. The molecule has 1 saturated heterocycles. The number of piperidine rings is 1. The lowest BCUT2D eigenvalue weighted by Crippen LogP contribution is -2.49. The molecule has 1 aliphatic rings. The zero-order valence-electron chi connectivity index (χ0n) is 13.3. The quantitative estimate of drug-likeness (QED) is 0.872. The monoisotopic (exact) mass is 305 g/mol. The van der Waals surface area contributed by atoms with Crippen LogP contribution in [0.25, 0.3) is 0 Å². The first-order chi connectivity index (χ1) is 10.4. The molecule has 0 aromatic heterocycles. The highest BCUT2D eigenvalue weighted by Crippen LogP contribution is 2.23. The number of carbonyl (C=O) groups is 2. The molecule has 2 rings (SSSR count). The summed E-state index contributed by atoms with van der Waals surface area (Å²) in [6.07, 6.45) is 3.06. The number of carbonyl (C=O) groups excluding carboxylic acids is 2. The summed E-state index contributed by atoms with van der Waals surface area (Å²) in [5.41, 5.74) is 0.932. The van der Waals surface area contributed by atoms with E-state index in [9.17, 15) is 14.7 Å². The summed E-state index contributed by atoms with van der Waals surface area (Å²) >= 11 is 0. The highest BCUT2D eigenvalue weighted by molar-refractivity contribution is 5.94. The van der Waals surface area contributed by atoms with Crippen LogP contribution in [-0.2, 0) is 9.53 Å². The van der Waals surface area contributed by atoms with E-state index in [-0.39, 0.29) is 35.9 Å². The van der Waals surface area contributed by atoms with Gasteiger partial charge in [-0.1, -0.05) is 11.6 Å². The highest BCUT2D eigenvalue weighted by atomic mass is 16.5. The Morgan fingerprint density at radius 3 is 2.55 bits per heavy atom. The largest absolute Gasteiger partial charge is 0.507 e. The zero-order chi connectivity index (χ0) is 16.3. The van der Waals surface area contributed by atoms with Crippen LogP contribution >= 0.6 is 0 Å². The van der Waals surface area contributed by atoms with Gasteiger partial charge < -0.3 is 14.7 Å². The number of phenols is 1. The average molecular weight is 305 g/mol. The standard InChI is InChI=1S/C17H23NO4/c1-11-7-8-15(19)14(9-11)17(21)22-10-16(20)18-12(2)5-4-6-13(18)3/h7-9,12-13,19H,4-6,10H2,1-3H3/t12-,13-/m0/s1. The highest BCUT2D eigenvalue weighted by Gasteiger charge is 2.29. The van der Waals surface area contributed by atoms with Crippen molar-refractivity contribution in [3.8, 4) is 5.75 Å². The van der Waals surface area contributed by atoms with Gasteiger partial charge in [0, 0.05) is 12.1 Å². The van der Waals surface area contributed by atoms with E-state index in [0.717, 1.165) is 24.8 Å². The third kappa shape index (κ3) is 3.59. The molecule has 1 heterocycles. The Kier molecular flexibility index (Phi) is 5.06. The number of rotatable bonds is 3. The third-order valence-corrected chi connectivity index (χ3v) is 4.18. The molecule has 1 aliphatic heterocycles. The van der Waals surface area contributed by atoms with Crippen LogP contribution in [0.2, 0.25) is 0 Å². The Labute approximate surface area is 130 Å². The third-order valence-electron chi connectivity index (χ3n) is 4.18. The summed E-state index contributed by atoms with van der Waals surface area (Å²) in [4.78, 5) is 26.1. The second-order valence-electron chi connectivity index (χ2n) is 6.03. The number of amides is 1. The summed E-state index contributed by atoms with van der Waals surface area (Å²) in [7, 11) is 0. The number of ether oxygens (including phenoxy) is 1. The molecule has 0 bridgehead atoms. The van der Waals surface area contributed by atoms with Crippen LogP contribution in [0, 0.1) is 6.92 Å². The number of esters is 1. The minimum Gasteiger partial charge on any atom is -0.507 e. The fraction of sp³-hybridized carbons (Fsp3) is 0.529. The number of phenolic OH excluding ortho intramolecular Hbond substituents is 1. The van der Waals surface area contributed by atoms with Crippen LogP contribution in [-0.4, -0.2) is 40.6 Å². The second kappa shape index (κ2) is 6.81. The van der Waals surface area contributed by atoms with Crippen molar-refractivity contribution >= 4 is 11.9 Å². The lowest BCUT2D eigenvalue weighted by atomic mass is 9.97. The molecule has 0 saturated carbocycles. The molecule has 1 fully saturated rings. The molecular weight excluding hydrogens is 282 g/mol. The lowest BCUT2D eigenvalue weighted by Gasteiger charge is -2.38. The lowest BCUT2D eigenvalue weighted by molar-refractivity contribution is -0.140. The smallest absolute Gasteiger partial charge is 0.342 e. The van der Waals surface area contributed by atoms with Crippen molar-refractivity contribution in [2.75, 3.05) is 6.61 Å². The fourth-order valence-electron chi connectivity index (χ4n) is 3.01. The first-order valence-corrected chi connectivity index (χ1v) is 7.68. The second-order valence-corrected chi connectivity index (χ2v) is 6.03. The van der Waals surface area contributed by atoms with Crippen molar-refractivity contribution < 1.29 is 19.4 Å². The van der Waals surface area contributed by atoms with E-state index in [2.05, 4.69) is 0 Å². The number of aromatic hydroxyl groups is 1. The normalized spacial score (nSPS) is 21.5. The van der Waals surface area contributed by atoms with E-state index in [1.54, 1.807) is 17.0 Å². The van der Waals surface area contributed by atoms with Crippen molar-refractivity contribution in [2.45, 2.75) is 52.1 Å². The van der Waals surface area contributed by atoms with Crippen LogP contribution in [0.5, 0.6) is 5.75 Å². The van der Waals surface area contributed by atoms with Crippen molar-refractivity contribution in [3.63, 3.8) is 0 Å². The van der Waals surface area contributed by atoms with E-state index >= 15 is 0 Å². The summed E-state index contributed by atoms with van der Waals surface area (Å²) in [6.45, 7) is 5.56. The summed E-state index contributed by atoms with van der Waals surface area (Å²) in [5, 5.41) is 9.71. The van der Waals surface area contributed by atoms with E-state index in [1.807, 2.05) is 20.8 Å². The van der Waals surface area contributed by atoms with E-state index in [0.29, 0.717) is 0 Å². The molecule has 120 valence electrons. The minimum absolute atomic E-state index is 0.0903. The molecule has 22 heavy (non-hydrogen) atoms. The van der Waals surface area contributed by atoms with Crippen LogP contribution in [0.4, 0.5) is 0 Å². The van der Waals surface area contributed by atoms with Crippen LogP contribution in [0.1, 0.15) is 49.0 Å². The Morgan fingerprint density at radius 1 is 1.27 bits per heavy atom. The first kappa shape index (κ1) is 16.3. The number of hydrogen-bond acceptors (Lipinski definition) is 4. The van der Waals surface area contributed by atoms with Gasteiger partial charge in [-0.3, -0.25) is 4.79 Å². The number of hydrogen-bond donors (Lipinski definition) is 1. The molecule has 0 unspecified atom stereocenters. The number of nitrogens with zero attached hydrogens (tertiary/aromatic N) is 1. The Morgan fingerprint density at radius 2 is 1.91 bits per heavy atom. The molecule has 1 aromatic carbocycles.